The molecule has 178 valence electrons. The van der Waals surface area contributed by atoms with Crippen LogP contribution < -0.4 is 5.32 Å². The van der Waals surface area contributed by atoms with Crippen molar-refractivity contribution in [3.05, 3.63) is 30.4 Å². The molecule has 4 rings (SSSR count). The van der Waals surface area contributed by atoms with Gasteiger partial charge < -0.3 is 15.2 Å². The largest absolute Gasteiger partial charge is 0.344 e. The lowest BCUT2D eigenvalue weighted by molar-refractivity contribution is -0.135. The van der Waals surface area contributed by atoms with Crippen LogP contribution in [0.15, 0.2) is 24.8 Å². The fourth-order valence-corrected chi connectivity index (χ4v) is 3.96. The summed E-state index contributed by atoms with van der Waals surface area (Å²) in [5.74, 6) is -0.921. The summed E-state index contributed by atoms with van der Waals surface area (Å²) in [6.07, 6.45) is 6.59. The van der Waals surface area contributed by atoms with Crippen molar-refractivity contribution >= 4 is 23.0 Å². The minimum Gasteiger partial charge on any atom is -0.344 e. The highest BCUT2D eigenvalue weighted by atomic mass is 19.1. The molecule has 34 heavy (non-hydrogen) atoms. The predicted octanol–water partition coefficient (Wildman–Crippen LogP) is 2.45. The van der Waals surface area contributed by atoms with Crippen LogP contribution in [0, 0.1) is 16.7 Å². The van der Waals surface area contributed by atoms with E-state index < -0.39 is 28.9 Å². The molecular formula is C23H27FN8O2. The number of nitriles is 1. The molecule has 0 saturated carbocycles. The first-order valence-electron chi connectivity index (χ1n) is 11.1. The first-order chi connectivity index (χ1) is 16.0. The molecule has 11 heteroatoms. The smallest absolute Gasteiger partial charge is 0.255 e. The van der Waals surface area contributed by atoms with Crippen LogP contribution in [0.5, 0.6) is 0 Å². The number of halogens is 1. The summed E-state index contributed by atoms with van der Waals surface area (Å²) >= 11 is 0. The van der Waals surface area contributed by atoms with Crippen molar-refractivity contribution in [2.24, 2.45) is 5.41 Å². The number of nitrogens with one attached hydrogen (secondary N) is 2. The van der Waals surface area contributed by atoms with Gasteiger partial charge in [0.2, 0.25) is 11.6 Å². The minimum absolute atomic E-state index is 0.0462. The summed E-state index contributed by atoms with van der Waals surface area (Å²) in [7, 11) is 0. The average Bonchev–Trinajstić information content (AvgIpc) is 3.54. The number of aromatic nitrogens is 5. The number of likely N-dealkylation sites (tertiary alicyclic amines) is 1. The van der Waals surface area contributed by atoms with Crippen molar-refractivity contribution in [2.45, 2.75) is 52.4 Å². The number of H-pyrrole nitrogens is 1. The monoisotopic (exact) mass is 466 g/mol. The van der Waals surface area contributed by atoms with Crippen LogP contribution in [0.2, 0.25) is 0 Å². The number of carbonyl (C=O) groups excluding carboxylic acids is 2. The maximum Gasteiger partial charge on any atom is 0.255 e. The third kappa shape index (κ3) is 4.35. The Morgan fingerprint density at radius 3 is 2.76 bits per heavy atom. The van der Waals surface area contributed by atoms with Crippen LogP contribution in [0.4, 0.5) is 4.39 Å². The topological polar surface area (TPSA) is 133 Å². The number of hydrogen-bond acceptors (Lipinski definition) is 6. The van der Waals surface area contributed by atoms with Crippen LogP contribution in [-0.2, 0) is 11.3 Å². The van der Waals surface area contributed by atoms with Gasteiger partial charge in [0, 0.05) is 37.5 Å². The summed E-state index contributed by atoms with van der Waals surface area (Å²) in [6.45, 7) is 7.96. The molecule has 1 aliphatic heterocycles. The second-order valence-electron chi connectivity index (χ2n) is 9.60. The van der Waals surface area contributed by atoms with Crippen molar-refractivity contribution in [3.63, 3.8) is 0 Å². The highest BCUT2D eigenvalue weighted by molar-refractivity contribution is 6.06. The van der Waals surface area contributed by atoms with Crippen LogP contribution in [0.25, 0.3) is 22.4 Å². The van der Waals surface area contributed by atoms with E-state index in [0.29, 0.717) is 23.4 Å². The normalized spacial score (nSPS) is 19.2. The average molecular weight is 467 g/mol. The molecule has 3 aromatic heterocycles. The maximum absolute atomic E-state index is 14.4. The number of alkyl halides is 1. The molecule has 0 aliphatic carbocycles. The number of aryl methyl sites for hydroxylation is 1. The molecule has 1 saturated heterocycles. The Kier molecular flexibility index (Phi) is 5.85. The molecule has 0 aromatic carbocycles. The zero-order valence-corrected chi connectivity index (χ0v) is 19.6. The number of fused-ring (bicyclic) bond motifs is 1. The minimum atomic E-state index is -2.06. The standard InChI is InChI=1S/C23H27FN8O2/c1-5-32-11-14(8-28-32)16-10-27-19-17(29-16)15(9-26-19)20(33)30-18(22(2,3)4)21(34)31-7-6-23(24,12-25)13-31/h8-11,18H,5-7,13H2,1-4H3,(H,26,27)(H,30,33)/t18?,23-/m0/s1. The van der Waals surface area contributed by atoms with E-state index in [1.54, 1.807) is 23.1 Å². The first kappa shape index (κ1) is 23.4. The van der Waals surface area contributed by atoms with Crippen molar-refractivity contribution < 1.29 is 14.0 Å². The Bertz CT molecular complexity index is 1280. The van der Waals surface area contributed by atoms with Gasteiger partial charge in [0.15, 0.2) is 5.65 Å². The number of nitrogens with zero attached hydrogens (tertiary/aromatic N) is 6. The second-order valence-corrected chi connectivity index (χ2v) is 9.60. The molecule has 10 nitrogen and oxygen atoms in total. The number of amides is 2. The molecular weight excluding hydrogens is 439 g/mol. The van der Waals surface area contributed by atoms with Crippen molar-refractivity contribution in [2.75, 3.05) is 13.1 Å². The summed E-state index contributed by atoms with van der Waals surface area (Å²) < 4.78 is 16.2. The summed E-state index contributed by atoms with van der Waals surface area (Å²) in [4.78, 5) is 39.7. The molecule has 3 aromatic rings. The molecule has 1 fully saturated rings. The third-order valence-electron chi connectivity index (χ3n) is 6.00. The molecule has 1 unspecified atom stereocenters. The fourth-order valence-electron chi connectivity index (χ4n) is 3.96. The molecule has 0 spiro atoms. The van der Waals surface area contributed by atoms with Gasteiger partial charge in [-0.3, -0.25) is 14.3 Å². The maximum atomic E-state index is 14.4. The second kappa shape index (κ2) is 8.52. The Balaban J connectivity index is 1.60. The van der Waals surface area contributed by atoms with Gasteiger partial charge in [0.05, 0.1) is 30.2 Å². The van der Waals surface area contributed by atoms with E-state index >= 15 is 0 Å². The van der Waals surface area contributed by atoms with Gasteiger partial charge in [0.1, 0.15) is 17.6 Å². The Labute approximate surface area is 196 Å². The van der Waals surface area contributed by atoms with E-state index in [-0.39, 0.29) is 25.1 Å². The van der Waals surface area contributed by atoms with Gasteiger partial charge in [0.25, 0.3) is 5.91 Å². The molecule has 0 bridgehead atoms. The number of hydrogen-bond donors (Lipinski definition) is 2. The quantitative estimate of drug-likeness (QED) is 0.594. The summed E-state index contributed by atoms with van der Waals surface area (Å²) in [6, 6.07) is 0.711. The van der Waals surface area contributed by atoms with E-state index in [9.17, 15) is 14.0 Å². The van der Waals surface area contributed by atoms with Crippen molar-refractivity contribution in [1.29, 1.82) is 5.26 Å². The van der Waals surface area contributed by atoms with Gasteiger partial charge in [-0.15, -0.1) is 0 Å². The zero-order chi connectivity index (χ0) is 24.7. The first-order valence-corrected chi connectivity index (χ1v) is 11.1. The number of carbonyl (C=O) groups is 2. The van der Waals surface area contributed by atoms with Crippen molar-refractivity contribution in [3.8, 4) is 17.3 Å². The third-order valence-corrected chi connectivity index (χ3v) is 6.00. The zero-order valence-electron chi connectivity index (χ0n) is 19.6. The van der Waals surface area contributed by atoms with E-state index in [1.165, 1.54) is 11.1 Å². The summed E-state index contributed by atoms with van der Waals surface area (Å²) in [5.41, 5.74) is -0.328. The van der Waals surface area contributed by atoms with Crippen molar-refractivity contribution in [1.82, 2.24) is 34.9 Å². The SMILES string of the molecule is CCn1cc(-c2cnc3[nH]cc(C(=O)NC(C(=O)N4CC[C@](F)(C#N)C4)C(C)(C)C)c3n2)cn1. The Hall–Kier alpha value is -3.81. The van der Waals surface area contributed by atoms with E-state index in [2.05, 4.69) is 25.4 Å². The van der Waals surface area contributed by atoms with E-state index in [4.69, 9.17) is 5.26 Å². The molecule has 1 aliphatic rings. The Morgan fingerprint density at radius 1 is 1.38 bits per heavy atom. The fraction of sp³-hybridized carbons (Fsp3) is 0.478. The lowest BCUT2D eigenvalue weighted by atomic mass is 9.85. The van der Waals surface area contributed by atoms with Gasteiger partial charge in [-0.1, -0.05) is 20.8 Å². The molecule has 2 atom stereocenters. The molecule has 2 amide bonds. The van der Waals surface area contributed by atoms with Crippen LogP contribution >= 0.6 is 0 Å². The van der Waals surface area contributed by atoms with Crippen LogP contribution in [0.3, 0.4) is 0 Å². The predicted molar refractivity (Wildman–Crippen MR) is 122 cm³/mol. The Morgan fingerprint density at radius 2 is 2.15 bits per heavy atom. The molecule has 4 heterocycles. The number of rotatable bonds is 5. The van der Waals surface area contributed by atoms with E-state index in [0.717, 1.165) is 5.56 Å². The van der Waals surface area contributed by atoms with Gasteiger partial charge >= 0.3 is 0 Å². The summed E-state index contributed by atoms with van der Waals surface area (Å²) in [5, 5.41) is 16.1. The lowest BCUT2D eigenvalue weighted by Gasteiger charge is -2.33. The highest BCUT2D eigenvalue weighted by Crippen LogP contribution is 2.29. The van der Waals surface area contributed by atoms with Gasteiger partial charge in [-0.25, -0.2) is 14.4 Å². The van der Waals surface area contributed by atoms with Gasteiger partial charge in [-0.05, 0) is 12.3 Å². The van der Waals surface area contributed by atoms with Gasteiger partial charge in [-0.2, -0.15) is 10.4 Å². The van der Waals surface area contributed by atoms with E-state index in [1.807, 2.05) is 33.9 Å². The molecule has 0 radical (unpaired) electrons. The van der Waals surface area contributed by atoms with Crippen LogP contribution in [-0.4, -0.2) is 66.2 Å². The van der Waals surface area contributed by atoms with Crippen LogP contribution in [0.1, 0.15) is 44.5 Å². The number of aromatic amines is 1. The lowest BCUT2D eigenvalue weighted by Crippen LogP contribution is -2.54. The molecule has 2 N–H and O–H groups in total. The highest BCUT2D eigenvalue weighted by Gasteiger charge is 2.44.